The van der Waals surface area contributed by atoms with Gasteiger partial charge in [-0.15, -0.1) is 0 Å². The highest BCUT2D eigenvalue weighted by Crippen LogP contribution is 2.48. The fourth-order valence-electron chi connectivity index (χ4n) is 4.22. The van der Waals surface area contributed by atoms with Gasteiger partial charge in [0, 0.05) is 12.1 Å². The summed E-state index contributed by atoms with van der Waals surface area (Å²) in [5.74, 6) is 1.36. The van der Waals surface area contributed by atoms with Gasteiger partial charge in [-0.3, -0.25) is 0 Å². The van der Waals surface area contributed by atoms with Crippen molar-refractivity contribution in [3.05, 3.63) is 53.6 Å². The molecule has 0 fully saturated rings. The fourth-order valence-corrected chi connectivity index (χ4v) is 4.22. The molecule has 2 aromatic carbocycles. The molecular weight excluding hydrogens is 352 g/mol. The number of benzene rings is 2. The second-order valence-electron chi connectivity index (χ2n) is 7.46. The lowest BCUT2D eigenvalue weighted by atomic mass is 9.86. The summed E-state index contributed by atoms with van der Waals surface area (Å²) in [6.45, 7) is 4.98. The predicted octanol–water partition coefficient (Wildman–Crippen LogP) is 5.25. The molecule has 1 aliphatic heterocycles. The summed E-state index contributed by atoms with van der Waals surface area (Å²) in [5.41, 5.74) is 2.56. The number of anilines is 1. The maximum Gasteiger partial charge on any atom is 0.184 e. The Kier molecular flexibility index (Phi) is 6.47. The smallest absolute Gasteiger partial charge is 0.184 e. The Balaban J connectivity index is 2.20. The first kappa shape index (κ1) is 20.5. The Morgan fingerprint density at radius 3 is 2.46 bits per heavy atom. The van der Waals surface area contributed by atoms with Gasteiger partial charge < -0.3 is 20.0 Å². The first-order valence-electron chi connectivity index (χ1n) is 10.1. The zero-order chi connectivity index (χ0) is 20.1. The molecule has 1 heterocycles. The molecular formula is C23H32N2O3. The average molecular weight is 385 g/mol. The Bertz CT molecular complexity index is 781. The highest BCUT2D eigenvalue weighted by atomic mass is 16.5. The van der Waals surface area contributed by atoms with Gasteiger partial charge in [0.15, 0.2) is 11.5 Å². The fraction of sp³-hybridized carbons (Fsp3) is 0.478. The summed E-state index contributed by atoms with van der Waals surface area (Å²) in [5, 5.41) is 16.8. The number of fused-ring (bicyclic) bond motifs is 1. The van der Waals surface area contributed by atoms with Crippen molar-refractivity contribution in [3.8, 4) is 11.5 Å². The molecule has 0 bridgehead atoms. The quantitative estimate of drug-likeness (QED) is 0.683. The largest absolute Gasteiger partial charge is 0.493 e. The molecule has 0 radical (unpaired) electrons. The van der Waals surface area contributed by atoms with Crippen LogP contribution in [0, 0.1) is 0 Å². The monoisotopic (exact) mass is 384 g/mol. The molecule has 5 nitrogen and oxygen atoms in total. The molecule has 0 amide bonds. The van der Waals surface area contributed by atoms with Gasteiger partial charge in [-0.25, -0.2) is 0 Å². The molecule has 28 heavy (non-hydrogen) atoms. The molecule has 0 spiro atoms. The molecule has 152 valence electrons. The van der Waals surface area contributed by atoms with E-state index in [4.69, 9.17) is 9.47 Å². The Morgan fingerprint density at radius 1 is 1.11 bits per heavy atom. The van der Waals surface area contributed by atoms with Crippen molar-refractivity contribution < 1.29 is 14.7 Å². The molecule has 0 aliphatic carbocycles. The van der Waals surface area contributed by atoms with Gasteiger partial charge in [0.2, 0.25) is 0 Å². The van der Waals surface area contributed by atoms with Crippen molar-refractivity contribution in [2.45, 2.75) is 51.1 Å². The van der Waals surface area contributed by atoms with Crippen LogP contribution in [-0.2, 0) is 0 Å². The van der Waals surface area contributed by atoms with Gasteiger partial charge in [-0.1, -0.05) is 63.1 Å². The number of nitrogens with one attached hydrogen (secondary N) is 1. The molecule has 2 aromatic rings. The lowest BCUT2D eigenvalue weighted by Gasteiger charge is -2.42. The number of hydroxylamine groups is 2. The number of unbranched alkanes of at least 4 members (excludes halogenated alkanes) is 1. The van der Waals surface area contributed by atoms with Crippen molar-refractivity contribution >= 4 is 5.69 Å². The number of rotatable bonds is 7. The SMILES string of the molecule is CCCC[C@]1(CC)CNc2c(ccc(OC)c2OC)[C@@H](c2ccccc2)N1O. The maximum absolute atomic E-state index is 11.6. The Morgan fingerprint density at radius 2 is 1.86 bits per heavy atom. The van der Waals surface area contributed by atoms with E-state index >= 15 is 0 Å². The molecule has 0 saturated carbocycles. The second kappa shape index (κ2) is 8.84. The van der Waals surface area contributed by atoms with Crippen molar-refractivity contribution in [3.63, 3.8) is 0 Å². The minimum absolute atomic E-state index is 0.289. The van der Waals surface area contributed by atoms with Crippen LogP contribution in [0.1, 0.15) is 56.7 Å². The average Bonchev–Trinajstić information content (AvgIpc) is 2.86. The van der Waals surface area contributed by atoms with Gasteiger partial charge in [0.25, 0.3) is 0 Å². The molecule has 2 atom stereocenters. The van der Waals surface area contributed by atoms with Crippen molar-refractivity contribution in [1.82, 2.24) is 5.06 Å². The predicted molar refractivity (Wildman–Crippen MR) is 112 cm³/mol. The summed E-state index contributed by atoms with van der Waals surface area (Å²) in [4.78, 5) is 0. The third-order valence-electron chi connectivity index (χ3n) is 5.97. The van der Waals surface area contributed by atoms with E-state index in [1.165, 1.54) is 0 Å². The minimum Gasteiger partial charge on any atom is -0.493 e. The summed E-state index contributed by atoms with van der Waals surface area (Å²) in [7, 11) is 3.30. The lowest BCUT2D eigenvalue weighted by molar-refractivity contribution is -0.195. The van der Waals surface area contributed by atoms with E-state index in [1.807, 2.05) is 30.3 Å². The van der Waals surface area contributed by atoms with Crippen LogP contribution in [0.2, 0.25) is 0 Å². The number of hydrogen-bond donors (Lipinski definition) is 2. The van der Waals surface area contributed by atoms with Crippen molar-refractivity contribution in [2.24, 2.45) is 0 Å². The van der Waals surface area contributed by atoms with E-state index in [0.717, 1.165) is 42.5 Å². The highest BCUT2D eigenvalue weighted by molar-refractivity contribution is 5.70. The third kappa shape index (κ3) is 3.56. The number of ether oxygens (including phenoxy) is 2. The van der Waals surface area contributed by atoms with Crippen LogP contribution in [0.5, 0.6) is 11.5 Å². The van der Waals surface area contributed by atoms with Gasteiger partial charge in [0.05, 0.1) is 31.5 Å². The molecule has 0 aromatic heterocycles. The van der Waals surface area contributed by atoms with Crippen LogP contribution in [0.3, 0.4) is 0 Å². The van der Waals surface area contributed by atoms with Gasteiger partial charge in [-0.05, 0) is 24.5 Å². The molecule has 2 N–H and O–H groups in total. The van der Waals surface area contributed by atoms with Crippen LogP contribution in [0.4, 0.5) is 5.69 Å². The molecule has 5 heteroatoms. The highest BCUT2D eigenvalue weighted by Gasteiger charge is 2.43. The minimum atomic E-state index is -0.367. The van der Waals surface area contributed by atoms with Crippen LogP contribution in [0.25, 0.3) is 0 Å². The summed E-state index contributed by atoms with van der Waals surface area (Å²) in [6, 6.07) is 13.8. The van der Waals surface area contributed by atoms with Gasteiger partial charge in [-0.2, -0.15) is 5.06 Å². The lowest BCUT2D eigenvalue weighted by Crippen LogP contribution is -2.51. The van der Waals surface area contributed by atoms with Crippen molar-refractivity contribution in [1.29, 1.82) is 0 Å². The normalized spacial score (nSPS) is 22.1. The number of methoxy groups -OCH3 is 2. The van der Waals surface area contributed by atoms with E-state index in [9.17, 15) is 5.21 Å². The molecule has 0 saturated heterocycles. The van der Waals surface area contributed by atoms with Crippen molar-refractivity contribution in [2.75, 3.05) is 26.1 Å². The second-order valence-corrected chi connectivity index (χ2v) is 7.46. The summed E-state index contributed by atoms with van der Waals surface area (Å²) < 4.78 is 11.2. The van der Waals surface area contributed by atoms with Crippen LogP contribution < -0.4 is 14.8 Å². The van der Waals surface area contributed by atoms with Crippen LogP contribution >= 0.6 is 0 Å². The first-order valence-corrected chi connectivity index (χ1v) is 10.1. The van der Waals surface area contributed by atoms with E-state index < -0.39 is 0 Å². The van der Waals surface area contributed by atoms with Crippen LogP contribution in [-0.4, -0.2) is 36.6 Å². The van der Waals surface area contributed by atoms with Gasteiger partial charge >= 0.3 is 0 Å². The Hall–Kier alpha value is -2.24. The summed E-state index contributed by atoms with van der Waals surface area (Å²) in [6.07, 6.45) is 3.91. The standard InChI is InChI=1S/C23H32N2O3/c1-5-7-15-23(6-2)16-24-20-18(13-14-19(27-3)22(20)28-4)21(25(23)26)17-11-9-8-10-12-17/h8-14,21,24,26H,5-7,15-16H2,1-4H3/t21-,23-/m1/s1. The zero-order valence-corrected chi connectivity index (χ0v) is 17.4. The molecule has 0 unspecified atom stereocenters. The zero-order valence-electron chi connectivity index (χ0n) is 17.4. The molecule has 3 rings (SSSR count). The van der Waals surface area contributed by atoms with E-state index in [2.05, 4.69) is 31.3 Å². The topological polar surface area (TPSA) is 54.0 Å². The van der Waals surface area contributed by atoms with E-state index in [1.54, 1.807) is 19.3 Å². The third-order valence-corrected chi connectivity index (χ3v) is 5.97. The van der Waals surface area contributed by atoms with Crippen LogP contribution in [0.15, 0.2) is 42.5 Å². The van der Waals surface area contributed by atoms with E-state index in [0.29, 0.717) is 18.0 Å². The Labute approximate surface area is 168 Å². The number of nitrogens with zero attached hydrogens (tertiary/aromatic N) is 1. The first-order chi connectivity index (χ1) is 13.6. The molecule has 1 aliphatic rings. The van der Waals surface area contributed by atoms with E-state index in [-0.39, 0.29) is 11.6 Å². The summed E-state index contributed by atoms with van der Waals surface area (Å²) >= 11 is 0. The number of hydrogen-bond acceptors (Lipinski definition) is 5. The maximum atomic E-state index is 11.6. The van der Waals surface area contributed by atoms with Gasteiger partial charge in [0.1, 0.15) is 0 Å².